The summed E-state index contributed by atoms with van der Waals surface area (Å²) >= 11 is 0. The highest BCUT2D eigenvalue weighted by Gasteiger charge is 2.38. The van der Waals surface area contributed by atoms with Crippen molar-refractivity contribution in [1.29, 1.82) is 0 Å². The van der Waals surface area contributed by atoms with E-state index in [0.717, 1.165) is 32.1 Å². The molecule has 2 atom stereocenters. The average Bonchev–Trinajstić information content (AvgIpc) is 3.26. The van der Waals surface area contributed by atoms with Crippen molar-refractivity contribution >= 4 is 17.6 Å². The number of hydrogen-bond donors (Lipinski definition) is 2. The normalized spacial score (nSPS) is 17.7. The Bertz CT molecular complexity index is 925. The lowest BCUT2D eigenvalue weighted by atomic mass is 9.77. The number of aliphatic hydroxyl groups is 1. The van der Waals surface area contributed by atoms with E-state index in [1.807, 2.05) is 0 Å². The Morgan fingerprint density at radius 2 is 1.71 bits per heavy atom. The van der Waals surface area contributed by atoms with Crippen molar-refractivity contribution in [2.24, 2.45) is 5.92 Å². The second kappa shape index (κ2) is 9.39. The van der Waals surface area contributed by atoms with Gasteiger partial charge in [0, 0.05) is 5.69 Å². The predicted octanol–water partition coefficient (Wildman–Crippen LogP) is 3.56. The molecule has 7 heteroatoms. The zero-order valence-electron chi connectivity index (χ0n) is 17.3. The zero-order valence-corrected chi connectivity index (χ0v) is 17.3. The summed E-state index contributed by atoms with van der Waals surface area (Å²) in [4.78, 5) is 26.6. The molecular formula is C24H27NO6. The number of carboxylic acid groups (broad SMARTS) is 1. The monoisotopic (exact) mass is 425 g/mol. The number of carbonyl (C=O) groups is 2. The van der Waals surface area contributed by atoms with Crippen molar-refractivity contribution in [3.8, 4) is 11.5 Å². The average molecular weight is 425 g/mol. The van der Waals surface area contributed by atoms with E-state index in [2.05, 4.69) is 0 Å². The van der Waals surface area contributed by atoms with Crippen molar-refractivity contribution in [2.45, 2.75) is 44.1 Å². The minimum atomic E-state index is -1.12. The van der Waals surface area contributed by atoms with Crippen LogP contribution in [0.25, 0.3) is 0 Å². The first-order valence-corrected chi connectivity index (χ1v) is 10.7. The molecule has 0 aromatic heterocycles. The van der Waals surface area contributed by atoms with Crippen LogP contribution in [0.3, 0.4) is 0 Å². The molecule has 0 saturated heterocycles. The van der Waals surface area contributed by atoms with Crippen LogP contribution in [0, 0.1) is 5.92 Å². The Balaban J connectivity index is 1.72. The summed E-state index contributed by atoms with van der Waals surface area (Å²) in [6, 6.07) is 13.9. The van der Waals surface area contributed by atoms with Gasteiger partial charge in [-0.3, -0.25) is 9.59 Å². The lowest BCUT2D eigenvalue weighted by Crippen LogP contribution is -2.44. The van der Waals surface area contributed by atoms with Gasteiger partial charge in [0.15, 0.2) is 11.5 Å². The number of aliphatic carboxylic acids is 1. The second-order valence-corrected chi connectivity index (χ2v) is 8.13. The standard InChI is InChI=1S/C24H27NO6/c26-21(27)14-25(18-9-5-2-6-10-18)24(29)22(23(28)16-7-3-1-4-8-16)17-11-12-19-20(13-17)31-15-30-19/h2,5-6,9-13,16,22-23,28H,1,3-4,7-8,14-15H2,(H,26,27)/t22-,23-/m1/s1. The van der Waals surface area contributed by atoms with E-state index >= 15 is 0 Å². The first-order chi connectivity index (χ1) is 15.0. The number of aliphatic hydroxyl groups excluding tert-OH is 1. The molecule has 1 aliphatic heterocycles. The molecular weight excluding hydrogens is 398 g/mol. The topological polar surface area (TPSA) is 96.3 Å². The van der Waals surface area contributed by atoms with Crippen LogP contribution in [0.4, 0.5) is 5.69 Å². The third kappa shape index (κ3) is 4.66. The molecule has 0 radical (unpaired) electrons. The Labute approximate surface area is 181 Å². The summed E-state index contributed by atoms with van der Waals surface area (Å²) in [6.45, 7) is -0.376. The quantitative estimate of drug-likeness (QED) is 0.704. The second-order valence-electron chi connectivity index (χ2n) is 8.13. The number of hydrogen-bond acceptors (Lipinski definition) is 5. The number of carbonyl (C=O) groups excluding carboxylic acids is 1. The Kier molecular flexibility index (Phi) is 6.42. The van der Waals surface area contributed by atoms with Gasteiger partial charge in [0.25, 0.3) is 0 Å². The molecule has 4 rings (SSSR count). The van der Waals surface area contributed by atoms with Crippen molar-refractivity contribution in [1.82, 2.24) is 0 Å². The van der Waals surface area contributed by atoms with Crippen LogP contribution in [0.2, 0.25) is 0 Å². The van der Waals surface area contributed by atoms with E-state index in [1.165, 1.54) is 4.90 Å². The molecule has 1 amide bonds. The molecule has 1 fully saturated rings. The van der Waals surface area contributed by atoms with E-state index in [1.54, 1.807) is 48.5 Å². The molecule has 2 aromatic carbocycles. The van der Waals surface area contributed by atoms with Gasteiger partial charge in [-0.15, -0.1) is 0 Å². The van der Waals surface area contributed by atoms with Gasteiger partial charge in [-0.25, -0.2) is 0 Å². The van der Waals surface area contributed by atoms with Crippen LogP contribution in [0.5, 0.6) is 11.5 Å². The summed E-state index contributed by atoms with van der Waals surface area (Å²) in [5, 5.41) is 20.8. The van der Waals surface area contributed by atoms with Gasteiger partial charge < -0.3 is 24.6 Å². The van der Waals surface area contributed by atoms with E-state index in [4.69, 9.17) is 9.47 Å². The number of carboxylic acids is 1. The minimum absolute atomic E-state index is 0.0180. The summed E-state index contributed by atoms with van der Waals surface area (Å²) in [5.41, 5.74) is 1.08. The third-order valence-electron chi connectivity index (χ3n) is 6.12. The highest BCUT2D eigenvalue weighted by Crippen LogP contribution is 2.39. The lowest BCUT2D eigenvalue weighted by molar-refractivity contribution is -0.137. The number of rotatable bonds is 7. The van der Waals surface area contributed by atoms with Crippen molar-refractivity contribution in [3.05, 3.63) is 54.1 Å². The van der Waals surface area contributed by atoms with Gasteiger partial charge in [-0.05, 0) is 48.6 Å². The molecule has 0 spiro atoms. The van der Waals surface area contributed by atoms with Gasteiger partial charge >= 0.3 is 5.97 Å². The maximum atomic E-state index is 13.8. The third-order valence-corrected chi connectivity index (χ3v) is 6.12. The molecule has 2 aliphatic rings. The number of nitrogens with zero attached hydrogens (tertiary/aromatic N) is 1. The van der Waals surface area contributed by atoms with Gasteiger partial charge in [-0.2, -0.15) is 0 Å². The molecule has 164 valence electrons. The molecule has 7 nitrogen and oxygen atoms in total. The van der Waals surface area contributed by atoms with Crippen LogP contribution in [-0.2, 0) is 9.59 Å². The molecule has 2 N–H and O–H groups in total. The van der Waals surface area contributed by atoms with Crippen LogP contribution >= 0.6 is 0 Å². The van der Waals surface area contributed by atoms with Crippen molar-refractivity contribution < 1.29 is 29.3 Å². The van der Waals surface area contributed by atoms with E-state index in [9.17, 15) is 19.8 Å². The molecule has 0 unspecified atom stereocenters. The van der Waals surface area contributed by atoms with Crippen molar-refractivity contribution in [3.63, 3.8) is 0 Å². The van der Waals surface area contributed by atoms with Gasteiger partial charge in [0.05, 0.1) is 12.0 Å². The van der Waals surface area contributed by atoms with E-state index < -0.39 is 30.4 Å². The number of fused-ring (bicyclic) bond motifs is 1. The molecule has 1 saturated carbocycles. The van der Waals surface area contributed by atoms with Gasteiger partial charge in [0.2, 0.25) is 12.7 Å². The number of para-hydroxylation sites is 1. The highest BCUT2D eigenvalue weighted by molar-refractivity contribution is 6.01. The fourth-order valence-electron chi connectivity index (χ4n) is 4.55. The number of anilines is 1. The Hall–Kier alpha value is -3.06. The zero-order chi connectivity index (χ0) is 21.8. The molecule has 2 aromatic rings. The van der Waals surface area contributed by atoms with Crippen LogP contribution in [0.1, 0.15) is 43.6 Å². The maximum Gasteiger partial charge on any atom is 0.323 e. The fourth-order valence-corrected chi connectivity index (χ4v) is 4.55. The highest BCUT2D eigenvalue weighted by atomic mass is 16.7. The Morgan fingerprint density at radius 1 is 1.00 bits per heavy atom. The van der Waals surface area contributed by atoms with E-state index in [0.29, 0.717) is 22.7 Å². The number of ether oxygens (including phenoxy) is 2. The summed E-state index contributed by atoms with van der Waals surface area (Å²) in [6.07, 6.45) is 3.93. The summed E-state index contributed by atoms with van der Waals surface area (Å²) < 4.78 is 10.9. The number of amides is 1. The maximum absolute atomic E-state index is 13.8. The first-order valence-electron chi connectivity index (χ1n) is 10.7. The minimum Gasteiger partial charge on any atom is -0.480 e. The first kappa shape index (κ1) is 21.2. The Morgan fingerprint density at radius 3 is 2.42 bits per heavy atom. The van der Waals surface area contributed by atoms with Crippen molar-refractivity contribution in [2.75, 3.05) is 18.2 Å². The predicted molar refractivity (Wildman–Crippen MR) is 114 cm³/mol. The molecule has 1 aliphatic carbocycles. The summed E-state index contributed by atoms with van der Waals surface area (Å²) in [7, 11) is 0. The lowest BCUT2D eigenvalue weighted by Gasteiger charge is -2.34. The van der Waals surface area contributed by atoms with Gasteiger partial charge in [-0.1, -0.05) is 43.5 Å². The smallest absolute Gasteiger partial charge is 0.323 e. The van der Waals surface area contributed by atoms with Crippen LogP contribution in [0.15, 0.2) is 48.5 Å². The fraction of sp³-hybridized carbons (Fsp3) is 0.417. The van der Waals surface area contributed by atoms with Crippen LogP contribution < -0.4 is 14.4 Å². The van der Waals surface area contributed by atoms with Crippen LogP contribution in [-0.4, -0.2) is 41.5 Å². The number of benzene rings is 2. The largest absolute Gasteiger partial charge is 0.480 e. The molecule has 0 bridgehead atoms. The van der Waals surface area contributed by atoms with E-state index in [-0.39, 0.29) is 12.7 Å². The molecule has 1 heterocycles. The summed E-state index contributed by atoms with van der Waals surface area (Å²) in [5.74, 6) is -1.37. The SMILES string of the molecule is O=C(O)CN(C(=O)[C@H](c1ccc2c(c1)OCO2)[C@H](O)C1CCCCC1)c1ccccc1. The van der Waals surface area contributed by atoms with Gasteiger partial charge in [0.1, 0.15) is 6.54 Å². The molecule has 31 heavy (non-hydrogen) atoms.